The molecule has 0 atom stereocenters. The minimum Gasteiger partial charge on any atom is -0.378 e. The van der Waals surface area contributed by atoms with Crippen molar-refractivity contribution in [2.24, 2.45) is 0 Å². The van der Waals surface area contributed by atoms with Gasteiger partial charge in [-0.05, 0) is 25.1 Å². The third kappa shape index (κ3) is 1.86. The second-order valence-electron chi connectivity index (χ2n) is 3.76. The van der Waals surface area contributed by atoms with Crippen LogP contribution < -0.4 is 4.90 Å². The highest BCUT2D eigenvalue weighted by Crippen LogP contribution is 2.17. The number of aryl methyl sites for hydroxylation is 1. The molecule has 2 aromatic rings. The van der Waals surface area contributed by atoms with Crippen molar-refractivity contribution < 1.29 is 0 Å². The minimum absolute atomic E-state index is 1.01. The minimum atomic E-state index is 1.01. The Bertz CT molecular complexity index is 457. The second-order valence-corrected chi connectivity index (χ2v) is 3.76. The average Bonchev–Trinajstić information content (AvgIpc) is 2.64. The van der Waals surface area contributed by atoms with Crippen molar-refractivity contribution in [1.29, 1.82) is 0 Å². The zero-order valence-corrected chi connectivity index (χ0v) is 9.31. The molecule has 15 heavy (non-hydrogen) atoms. The Morgan fingerprint density at radius 1 is 1.27 bits per heavy atom. The molecule has 78 valence electrons. The van der Waals surface area contributed by atoms with Crippen LogP contribution in [0.4, 0.5) is 5.69 Å². The van der Waals surface area contributed by atoms with Crippen LogP contribution in [0.25, 0.3) is 5.69 Å². The normalized spacial score (nSPS) is 10.3. The first-order valence-electron chi connectivity index (χ1n) is 4.96. The quantitative estimate of drug-likeness (QED) is 0.743. The number of benzene rings is 1. The number of hydrogen-bond acceptors (Lipinski definition) is 2. The maximum Gasteiger partial charge on any atom is 0.110 e. The standard InChI is InChI=1S/C12H15N3/c1-10-13-7-8-15(10)12-6-4-5-11(9-12)14(2)3/h4-9H,1-3H3. The van der Waals surface area contributed by atoms with Crippen molar-refractivity contribution in [3.05, 3.63) is 42.5 Å². The molecule has 0 radical (unpaired) electrons. The van der Waals surface area contributed by atoms with E-state index in [1.165, 1.54) is 5.69 Å². The lowest BCUT2D eigenvalue weighted by Crippen LogP contribution is -2.09. The van der Waals surface area contributed by atoms with Gasteiger partial charge in [0.05, 0.1) is 0 Å². The summed E-state index contributed by atoms with van der Waals surface area (Å²) in [7, 11) is 4.08. The molecule has 1 aromatic heterocycles. The number of nitrogens with zero attached hydrogens (tertiary/aromatic N) is 3. The molecular weight excluding hydrogens is 186 g/mol. The van der Waals surface area contributed by atoms with Gasteiger partial charge < -0.3 is 9.47 Å². The predicted molar refractivity (Wildman–Crippen MR) is 62.6 cm³/mol. The summed E-state index contributed by atoms with van der Waals surface area (Å²) in [5, 5.41) is 0. The number of rotatable bonds is 2. The van der Waals surface area contributed by atoms with E-state index in [1.54, 1.807) is 0 Å². The Kier molecular flexibility index (Phi) is 2.46. The van der Waals surface area contributed by atoms with Gasteiger partial charge >= 0.3 is 0 Å². The van der Waals surface area contributed by atoms with Crippen molar-refractivity contribution in [2.75, 3.05) is 19.0 Å². The molecule has 0 bridgehead atoms. The lowest BCUT2D eigenvalue weighted by molar-refractivity contribution is 0.972. The lowest BCUT2D eigenvalue weighted by Gasteiger charge is -2.14. The number of aromatic nitrogens is 2. The molecule has 0 saturated heterocycles. The molecule has 2 rings (SSSR count). The first-order chi connectivity index (χ1) is 7.18. The molecule has 0 fully saturated rings. The highest BCUT2D eigenvalue weighted by atomic mass is 15.1. The fourth-order valence-electron chi connectivity index (χ4n) is 1.57. The van der Waals surface area contributed by atoms with E-state index in [0.717, 1.165) is 11.5 Å². The molecule has 3 nitrogen and oxygen atoms in total. The number of hydrogen-bond donors (Lipinski definition) is 0. The summed E-state index contributed by atoms with van der Waals surface area (Å²) < 4.78 is 2.08. The van der Waals surface area contributed by atoms with Gasteiger partial charge in [-0.1, -0.05) is 6.07 Å². The van der Waals surface area contributed by atoms with Crippen molar-refractivity contribution in [1.82, 2.24) is 9.55 Å². The van der Waals surface area contributed by atoms with Crippen LogP contribution in [0.2, 0.25) is 0 Å². The van der Waals surface area contributed by atoms with E-state index in [2.05, 4.69) is 38.7 Å². The van der Waals surface area contributed by atoms with Gasteiger partial charge in [-0.25, -0.2) is 4.98 Å². The number of imidazole rings is 1. The molecular formula is C12H15N3. The maximum absolute atomic E-state index is 4.22. The van der Waals surface area contributed by atoms with Crippen LogP contribution in [0.5, 0.6) is 0 Å². The van der Waals surface area contributed by atoms with Gasteiger partial charge in [-0.3, -0.25) is 0 Å². The van der Waals surface area contributed by atoms with Crippen LogP contribution in [-0.2, 0) is 0 Å². The Morgan fingerprint density at radius 3 is 2.67 bits per heavy atom. The predicted octanol–water partition coefficient (Wildman–Crippen LogP) is 2.25. The largest absolute Gasteiger partial charge is 0.378 e. The molecule has 0 aliphatic carbocycles. The molecule has 0 N–H and O–H groups in total. The number of anilines is 1. The van der Waals surface area contributed by atoms with Crippen LogP contribution in [0.1, 0.15) is 5.82 Å². The molecule has 3 heteroatoms. The van der Waals surface area contributed by atoms with E-state index in [4.69, 9.17) is 0 Å². The summed E-state index contributed by atoms with van der Waals surface area (Å²) in [6.07, 6.45) is 3.79. The van der Waals surface area contributed by atoms with Crippen LogP contribution in [-0.4, -0.2) is 23.6 Å². The molecule has 0 aliphatic heterocycles. The fraction of sp³-hybridized carbons (Fsp3) is 0.250. The zero-order valence-electron chi connectivity index (χ0n) is 9.31. The van der Waals surface area contributed by atoms with Crippen molar-refractivity contribution >= 4 is 5.69 Å². The Balaban J connectivity index is 2.46. The van der Waals surface area contributed by atoms with E-state index < -0.39 is 0 Å². The van der Waals surface area contributed by atoms with E-state index in [9.17, 15) is 0 Å². The van der Waals surface area contributed by atoms with Gasteiger partial charge in [-0.15, -0.1) is 0 Å². The van der Waals surface area contributed by atoms with E-state index in [0.29, 0.717) is 0 Å². The molecule has 0 aliphatic rings. The van der Waals surface area contributed by atoms with E-state index >= 15 is 0 Å². The molecule has 0 saturated carbocycles. The molecule has 0 amide bonds. The fourth-order valence-corrected chi connectivity index (χ4v) is 1.57. The third-order valence-corrected chi connectivity index (χ3v) is 2.45. The SMILES string of the molecule is Cc1nccn1-c1cccc(N(C)C)c1. The first-order valence-corrected chi connectivity index (χ1v) is 4.96. The van der Waals surface area contributed by atoms with Crippen LogP contribution in [0, 0.1) is 6.92 Å². The third-order valence-electron chi connectivity index (χ3n) is 2.45. The Labute approximate surface area is 90.0 Å². The average molecular weight is 201 g/mol. The van der Waals surface area contributed by atoms with Gasteiger partial charge in [0.1, 0.15) is 5.82 Å². The summed E-state index contributed by atoms with van der Waals surface area (Å²) in [4.78, 5) is 6.31. The Hall–Kier alpha value is -1.77. The van der Waals surface area contributed by atoms with Crippen LogP contribution in [0.3, 0.4) is 0 Å². The highest BCUT2D eigenvalue weighted by Gasteiger charge is 2.01. The summed E-state index contributed by atoms with van der Waals surface area (Å²) in [5.74, 6) is 1.01. The monoisotopic (exact) mass is 201 g/mol. The summed E-state index contributed by atoms with van der Waals surface area (Å²) >= 11 is 0. The van der Waals surface area contributed by atoms with Gasteiger partial charge in [0, 0.05) is 37.9 Å². The van der Waals surface area contributed by atoms with Crippen LogP contribution in [0.15, 0.2) is 36.7 Å². The van der Waals surface area contributed by atoms with Gasteiger partial charge in [-0.2, -0.15) is 0 Å². The van der Waals surface area contributed by atoms with Crippen molar-refractivity contribution in [2.45, 2.75) is 6.92 Å². The molecule has 0 spiro atoms. The summed E-state index contributed by atoms with van der Waals surface area (Å²) in [5.41, 5.74) is 2.34. The first kappa shape index (κ1) is 9.77. The zero-order chi connectivity index (χ0) is 10.8. The Morgan fingerprint density at radius 2 is 2.07 bits per heavy atom. The maximum atomic E-state index is 4.22. The summed E-state index contributed by atoms with van der Waals surface area (Å²) in [6, 6.07) is 8.39. The van der Waals surface area contributed by atoms with Gasteiger partial charge in [0.2, 0.25) is 0 Å². The smallest absolute Gasteiger partial charge is 0.110 e. The van der Waals surface area contributed by atoms with Crippen molar-refractivity contribution in [3.63, 3.8) is 0 Å². The second kappa shape index (κ2) is 3.77. The topological polar surface area (TPSA) is 21.1 Å². The van der Waals surface area contributed by atoms with Crippen molar-refractivity contribution in [3.8, 4) is 5.69 Å². The molecule has 0 unspecified atom stereocenters. The van der Waals surface area contributed by atoms with Gasteiger partial charge in [0.15, 0.2) is 0 Å². The molecule has 1 aromatic carbocycles. The summed E-state index contributed by atoms with van der Waals surface area (Å²) in [6.45, 7) is 2.00. The highest BCUT2D eigenvalue weighted by molar-refractivity contribution is 5.52. The van der Waals surface area contributed by atoms with E-state index in [-0.39, 0.29) is 0 Å². The van der Waals surface area contributed by atoms with E-state index in [1.807, 2.05) is 33.4 Å². The van der Waals surface area contributed by atoms with Crippen LogP contribution >= 0.6 is 0 Å². The lowest BCUT2D eigenvalue weighted by atomic mass is 10.2. The van der Waals surface area contributed by atoms with Gasteiger partial charge in [0.25, 0.3) is 0 Å². The molecule has 1 heterocycles.